The third-order valence-corrected chi connectivity index (χ3v) is 3.35. The van der Waals surface area contributed by atoms with Crippen LogP contribution in [0.5, 0.6) is 0 Å². The Bertz CT molecular complexity index is 711. The number of anilines is 1. The number of nitrogens with zero attached hydrogens (tertiary/aromatic N) is 2. The first kappa shape index (κ1) is 13.6. The first-order valence-corrected chi connectivity index (χ1v) is 6.73. The summed E-state index contributed by atoms with van der Waals surface area (Å²) in [5, 5.41) is 10.8. The summed E-state index contributed by atoms with van der Waals surface area (Å²) in [6.07, 6.45) is -0.347. The van der Waals surface area contributed by atoms with E-state index in [9.17, 15) is 4.79 Å². The standard InChI is InChI=1S/C14H12ClN3O3/c1-8-6-13(18-20-8)16-14(19)12-7-11(17-21-12)9-4-2-3-5-10(9)15/h2-6,12H,7H2,1H3,(H,16,18,19)/t12-/m0/s1. The lowest BCUT2D eigenvalue weighted by molar-refractivity contribution is -0.125. The van der Waals surface area contributed by atoms with E-state index >= 15 is 0 Å². The van der Waals surface area contributed by atoms with Gasteiger partial charge in [-0.3, -0.25) is 4.79 Å². The van der Waals surface area contributed by atoms with Crippen molar-refractivity contribution in [2.75, 3.05) is 5.32 Å². The Morgan fingerprint density at radius 2 is 2.24 bits per heavy atom. The van der Waals surface area contributed by atoms with Crippen LogP contribution in [0.3, 0.4) is 0 Å². The SMILES string of the molecule is Cc1cc(NC(=O)[C@@H]2CC(c3ccccc3Cl)=NO2)no1. The van der Waals surface area contributed by atoms with Crippen molar-refractivity contribution in [3.8, 4) is 0 Å². The third-order valence-electron chi connectivity index (χ3n) is 3.03. The first-order valence-electron chi connectivity index (χ1n) is 6.35. The van der Waals surface area contributed by atoms with Gasteiger partial charge < -0.3 is 14.7 Å². The predicted molar refractivity (Wildman–Crippen MR) is 77.3 cm³/mol. The molecule has 0 unspecified atom stereocenters. The lowest BCUT2D eigenvalue weighted by Crippen LogP contribution is -2.28. The van der Waals surface area contributed by atoms with E-state index in [0.29, 0.717) is 28.7 Å². The van der Waals surface area contributed by atoms with Crippen LogP contribution in [0.4, 0.5) is 5.82 Å². The molecule has 1 aromatic carbocycles. The topological polar surface area (TPSA) is 76.7 Å². The predicted octanol–water partition coefficient (Wildman–Crippen LogP) is 2.77. The second-order valence-corrected chi connectivity index (χ2v) is 5.04. The number of aryl methyl sites for hydroxylation is 1. The van der Waals surface area contributed by atoms with Gasteiger partial charge in [0.15, 0.2) is 5.82 Å². The number of rotatable bonds is 3. The average molecular weight is 306 g/mol. The highest BCUT2D eigenvalue weighted by Crippen LogP contribution is 2.23. The number of benzene rings is 1. The Labute approximate surface area is 125 Å². The van der Waals surface area contributed by atoms with Crippen molar-refractivity contribution in [3.05, 3.63) is 46.7 Å². The van der Waals surface area contributed by atoms with Crippen LogP contribution in [0.1, 0.15) is 17.7 Å². The van der Waals surface area contributed by atoms with Gasteiger partial charge in [-0.2, -0.15) is 0 Å². The molecule has 1 aliphatic heterocycles. The number of halogens is 1. The van der Waals surface area contributed by atoms with Crippen molar-refractivity contribution < 1.29 is 14.2 Å². The van der Waals surface area contributed by atoms with Crippen LogP contribution >= 0.6 is 11.6 Å². The fraction of sp³-hybridized carbons (Fsp3) is 0.214. The van der Waals surface area contributed by atoms with Crippen molar-refractivity contribution in [2.24, 2.45) is 5.16 Å². The van der Waals surface area contributed by atoms with E-state index in [1.165, 1.54) is 0 Å². The number of amides is 1. The zero-order chi connectivity index (χ0) is 14.8. The lowest BCUT2D eigenvalue weighted by Gasteiger charge is -2.06. The fourth-order valence-corrected chi connectivity index (χ4v) is 2.25. The van der Waals surface area contributed by atoms with Gasteiger partial charge in [-0.05, 0) is 13.0 Å². The maximum Gasteiger partial charge on any atom is 0.269 e. The first-order chi connectivity index (χ1) is 10.1. The summed E-state index contributed by atoms with van der Waals surface area (Å²) >= 11 is 6.10. The summed E-state index contributed by atoms with van der Waals surface area (Å²) in [4.78, 5) is 17.2. The molecule has 1 N–H and O–H groups in total. The van der Waals surface area contributed by atoms with E-state index in [4.69, 9.17) is 21.0 Å². The zero-order valence-electron chi connectivity index (χ0n) is 11.2. The molecule has 0 saturated heterocycles. The van der Waals surface area contributed by atoms with E-state index in [2.05, 4.69) is 15.6 Å². The van der Waals surface area contributed by atoms with E-state index in [1.54, 1.807) is 19.1 Å². The number of carbonyl (C=O) groups is 1. The molecule has 0 radical (unpaired) electrons. The van der Waals surface area contributed by atoms with Crippen molar-refractivity contribution in [3.63, 3.8) is 0 Å². The molecule has 6 nitrogen and oxygen atoms in total. The molecule has 1 atom stereocenters. The second kappa shape index (κ2) is 5.57. The number of hydrogen-bond acceptors (Lipinski definition) is 5. The molecule has 0 saturated carbocycles. The lowest BCUT2D eigenvalue weighted by atomic mass is 10.0. The Morgan fingerprint density at radius 3 is 2.95 bits per heavy atom. The number of aromatic nitrogens is 1. The number of hydrogen-bond donors (Lipinski definition) is 1. The maximum atomic E-state index is 12.1. The molecule has 2 heterocycles. The van der Waals surface area contributed by atoms with Crippen molar-refractivity contribution in [1.29, 1.82) is 0 Å². The molecule has 0 fully saturated rings. The Balaban J connectivity index is 1.66. The highest BCUT2D eigenvalue weighted by Gasteiger charge is 2.30. The largest absolute Gasteiger partial charge is 0.382 e. The third kappa shape index (κ3) is 2.90. The highest BCUT2D eigenvalue weighted by atomic mass is 35.5. The number of nitrogens with one attached hydrogen (secondary N) is 1. The minimum Gasteiger partial charge on any atom is -0.382 e. The van der Waals surface area contributed by atoms with E-state index in [-0.39, 0.29) is 5.91 Å². The van der Waals surface area contributed by atoms with Gasteiger partial charge in [-0.15, -0.1) is 0 Å². The molecule has 1 aromatic heterocycles. The van der Waals surface area contributed by atoms with Crippen LogP contribution in [-0.4, -0.2) is 22.9 Å². The monoisotopic (exact) mass is 305 g/mol. The molecule has 0 aliphatic carbocycles. The summed E-state index contributed by atoms with van der Waals surface area (Å²) in [7, 11) is 0. The zero-order valence-corrected chi connectivity index (χ0v) is 11.9. The Hall–Kier alpha value is -2.34. The van der Waals surface area contributed by atoms with Gasteiger partial charge in [-0.1, -0.05) is 40.1 Å². The molecule has 1 amide bonds. The molecule has 0 bridgehead atoms. The van der Waals surface area contributed by atoms with Gasteiger partial charge in [0.1, 0.15) is 5.76 Å². The van der Waals surface area contributed by atoms with E-state index < -0.39 is 6.10 Å². The van der Waals surface area contributed by atoms with Crippen LogP contribution in [0.15, 0.2) is 40.0 Å². The maximum absolute atomic E-state index is 12.1. The highest BCUT2D eigenvalue weighted by molar-refractivity contribution is 6.34. The van der Waals surface area contributed by atoms with Gasteiger partial charge >= 0.3 is 0 Å². The van der Waals surface area contributed by atoms with Crippen LogP contribution in [0.2, 0.25) is 5.02 Å². The number of oxime groups is 1. The van der Waals surface area contributed by atoms with Gasteiger partial charge in [0.2, 0.25) is 6.10 Å². The van der Waals surface area contributed by atoms with E-state index in [1.807, 2.05) is 18.2 Å². The van der Waals surface area contributed by atoms with Crippen LogP contribution < -0.4 is 5.32 Å². The van der Waals surface area contributed by atoms with Crippen LogP contribution in [-0.2, 0) is 9.63 Å². The second-order valence-electron chi connectivity index (χ2n) is 4.63. The van der Waals surface area contributed by atoms with Gasteiger partial charge in [0.25, 0.3) is 5.91 Å². The average Bonchev–Trinajstić information content (AvgIpc) is 3.09. The number of carbonyl (C=O) groups excluding carboxylic acids is 1. The molecule has 7 heteroatoms. The molecular formula is C14H12ClN3O3. The van der Waals surface area contributed by atoms with Gasteiger partial charge in [0.05, 0.1) is 5.71 Å². The molecule has 3 rings (SSSR count). The summed E-state index contributed by atoms with van der Waals surface area (Å²) < 4.78 is 4.88. The van der Waals surface area contributed by atoms with E-state index in [0.717, 1.165) is 5.56 Å². The Morgan fingerprint density at radius 1 is 1.43 bits per heavy atom. The van der Waals surface area contributed by atoms with Crippen molar-refractivity contribution in [2.45, 2.75) is 19.4 Å². The molecular weight excluding hydrogens is 294 g/mol. The summed E-state index contributed by atoms with van der Waals surface area (Å²) in [5.41, 5.74) is 1.42. The molecule has 21 heavy (non-hydrogen) atoms. The molecule has 108 valence electrons. The Kier molecular flexibility index (Phi) is 3.62. The summed E-state index contributed by atoms with van der Waals surface area (Å²) in [5.74, 6) is 0.645. The van der Waals surface area contributed by atoms with Crippen LogP contribution in [0, 0.1) is 6.92 Å². The van der Waals surface area contributed by atoms with Gasteiger partial charge in [0, 0.05) is 23.1 Å². The minimum atomic E-state index is -0.701. The van der Waals surface area contributed by atoms with Crippen molar-refractivity contribution in [1.82, 2.24) is 5.16 Å². The summed E-state index contributed by atoms with van der Waals surface area (Å²) in [6, 6.07) is 8.92. The summed E-state index contributed by atoms with van der Waals surface area (Å²) in [6.45, 7) is 1.74. The van der Waals surface area contributed by atoms with Gasteiger partial charge in [-0.25, -0.2) is 0 Å². The minimum absolute atomic E-state index is 0.325. The molecule has 0 spiro atoms. The quantitative estimate of drug-likeness (QED) is 0.946. The fourth-order valence-electron chi connectivity index (χ4n) is 2.00. The smallest absolute Gasteiger partial charge is 0.269 e. The normalized spacial score (nSPS) is 17.2. The molecule has 1 aliphatic rings. The van der Waals surface area contributed by atoms with Crippen molar-refractivity contribution >= 4 is 29.0 Å². The van der Waals surface area contributed by atoms with Crippen LogP contribution in [0.25, 0.3) is 0 Å². The molecule has 2 aromatic rings.